The van der Waals surface area contributed by atoms with E-state index in [0.29, 0.717) is 22.7 Å². The van der Waals surface area contributed by atoms with E-state index >= 15 is 0 Å². The van der Waals surface area contributed by atoms with Crippen LogP contribution in [0.15, 0.2) is 45.5 Å². The zero-order chi connectivity index (χ0) is 18.7. The van der Waals surface area contributed by atoms with Crippen LogP contribution in [0.4, 0.5) is 5.69 Å². The van der Waals surface area contributed by atoms with Crippen LogP contribution in [0, 0.1) is 0 Å². The van der Waals surface area contributed by atoms with Crippen LogP contribution >= 0.6 is 15.9 Å². The fourth-order valence-electron chi connectivity index (χ4n) is 2.55. The molecule has 136 valence electrons. The molecule has 9 heteroatoms. The normalized spacial score (nSPS) is 16.8. The number of nitrogens with zero attached hydrogens (tertiary/aromatic N) is 1. The smallest absolute Gasteiger partial charge is 0.301 e. The molecule has 0 radical (unpaired) electrons. The largest absolute Gasteiger partial charge is 0.494 e. The summed E-state index contributed by atoms with van der Waals surface area (Å²) >= 11 is 3.10. The Balaban J connectivity index is 1.67. The number of anilines is 1. The molecule has 0 unspecified atom stereocenters. The number of hydrogen-bond donors (Lipinski definition) is 2. The number of benzene rings is 1. The molecule has 3 amide bonds. The van der Waals surface area contributed by atoms with E-state index in [1.165, 1.54) is 6.07 Å². The van der Waals surface area contributed by atoms with E-state index in [1.54, 1.807) is 30.3 Å². The van der Waals surface area contributed by atoms with Crippen molar-refractivity contribution in [2.45, 2.75) is 19.4 Å². The van der Waals surface area contributed by atoms with Gasteiger partial charge in [0, 0.05) is 6.07 Å². The van der Waals surface area contributed by atoms with Gasteiger partial charge in [-0.3, -0.25) is 19.8 Å². The summed E-state index contributed by atoms with van der Waals surface area (Å²) in [4.78, 5) is 37.9. The van der Waals surface area contributed by atoms with Gasteiger partial charge in [0.2, 0.25) is 5.91 Å². The highest BCUT2D eigenvalue weighted by atomic mass is 79.9. The van der Waals surface area contributed by atoms with Crippen molar-refractivity contribution in [1.82, 2.24) is 10.9 Å². The third-order valence-electron chi connectivity index (χ3n) is 3.69. The number of carbonyl (C=O) groups is 3. The first-order chi connectivity index (χ1) is 12.5. The van der Waals surface area contributed by atoms with Crippen molar-refractivity contribution in [2.24, 2.45) is 0 Å². The average molecular weight is 422 g/mol. The maximum atomic E-state index is 12.6. The summed E-state index contributed by atoms with van der Waals surface area (Å²) in [5, 5.41) is 0. The third kappa shape index (κ3) is 3.78. The summed E-state index contributed by atoms with van der Waals surface area (Å²) in [5.41, 5.74) is 5.40. The monoisotopic (exact) mass is 421 g/mol. The van der Waals surface area contributed by atoms with Crippen LogP contribution in [0.25, 0.3) is 0 Å². The Bertz CT molecular complexity index is 850. The molecule has 8 nitrogen and oxygen atoms in total. The van der Waals surface area contributed by atoms with Crippen molar-refractivity contribution < 1.29 is 23.5 Å². The molecule has 0 bridgehead atoms. The molecule has 2 heterocycles. The van der Waals surface area contributed by atoms with Crippen LogP contribution in [0.3, 0.4) is 0 Å². The first-order valence-electron chi connectivity index (χ1n) is 7.90. The number of rotatable bonds is 6. The molecule has 1 aromatic heterocycles. The first-order valence-corrected chi connectivity index (χ1v) is 8.69. The molecule has 1 fully saturated rings. The summed E-state index contributed by atoms with van der Waals surface area (Å²) in [7, 11) is 0. The SMILES string of the molecule is CCOc1cccc(N2C(=O)C[C@H](NNC(=O)c3ccc(Br)o3)C2=O)c1. The lowest BCUT2D eigenvalue weighted by Crippen LogP contribution is -2.48. The Labute approximate surface area is 157 Å². The van der Waals surface area contributed by atoms with Crippen molar-refractivity contribution in [2.75, 3.05) is 11.5 Å². The molecule has 2 aromatic rings. The highest BCUT2D eigenvalue weighted by molar-refractivity contribution is 9.10. The highest BCUT2D eigenvalue weighted by Crippen LogP contribution is 2.26. The molecule has 1 aliphatic rings. The second kappa shape index (κ2) is 7.71. The van der Waals surface area contributed by atoms with Gasteiger partial charge in [0.1, 0.15) is 11.8 Å². The maximum Gasteiger partial charge on any atom is 0.301 e. The lowest BCUT2D eigenvalue weighted by atomic mass is 10.2. The van der Waals surface area contributed by atoms with E-state index in [4.69, 9.17) is 9.15 Å². The van der Waals surface area contributed by atoms with E-state index in [0.717, 1.165) is 4.90 Å². The molecule has 1 aromatic carbocycles. The van der Waals surface area contributed by atoms with Gasteiger partial charge in [-0.05, 0) is 47.1 Å². The molecule has 1 atom stereocenters. The molecule has 0 saturated carbocycles. The lowest BCUT2D eigenvalue weighted by molar-refractivity contribution is -0.121. The molecule has 1 aliphatic heterocycles. The number of nitrogens with one attached hydrogen (secondary N) is 2. The second-order valence-electron chi connectivity index (χ2n) is 5.46. The Morgan fingerprint density at radius 1 is 1.35 bits per heavy atom. The fourth-order valence-corrected chi connectivity index (χ4v) is 2.85. The van der Waals surface area contributed by atoms with Gasteiger partial charge in [-0.15, -0.1) is 0 Å². The van der Waals surface area contributed by atoms with Gasteiger partial charge in [-0.2, -0.15) is 0 Å². The van der Waals surface area contributed by atoms with Crippen LogP contribution in [-0.2, 0) is 9.59 Å². The summed E-state index contributed by atoms with van der Waals surface area (Å²) in [6.07, 6.45) is -0.0696. The molecule has 0 spiro atoms. The van der Waals surface area contributed by atoms with Crippen LogP contribution in [0.1, 0.15) is 23.9 Å². The number of ether oxygens (including phenoxy) is 1. The van der Waals surface area contributed by atoms with Crippen LogP contribution in [0.2, 0.25) is 0 Å². The molecular weight excluding hydrogens is 406 g/mol. The van der Waals surface area contributed by atoms with Crippen LogP contribution in [-0.4, -0.2) is 30.4 Å². The predicted molar refractivity (Wildman–Crippen MR) is 95.5 cm³/mol. The van der Waals surface area contributed by atoms with Gasteiger partial charge in [0.05, 0.1) is 18.7 Å². The number of carbonyl (C=O) groups excluding carboxylic acids is 3. The number of hydrazine groups is 1. The quantitative estimate of drug-likeness (QED) is 0.546. The third-order valence-corrected chi connectivity index (χ3v) is 4.12. The molecule has 1 saturated heterocycles. The second-order valence-corrected chi connectivity index (χ2v) is 6.24. The highest BCUT2D eigenvalue weighted by Gasteiger charge is 2.40. The Morgan fingerprint density at radius 2 is 2.15 bits per heavy atom. The standard InChI is InChI=1S/C17H16BrN3O5/c1-2-25-11-5-3-4-10(8-11)21-15(22)9-12(17(21)24)19-20-16(23)13-6-7-14(18)26-13/h3-8,12,19H,2,9H2,1H3,(H,20,23)/t12-/m0/s1. The topological polar surface area (TPSA) is 101 Å². The summed E-state index contributed by atoms with van der Waals surface area (Å²) < 4.78 is 10.9. The van der Waals surface area contributed by atoms with Crippen molar-refractivity contribution in [3.63, 3.8) is 0 Å². The van der Waals surface area contributed by atoms with Crippen molar-refractivity contribution in [1.29, 1.82) is 0 Å². The Morgan fingerprint density at radius 3 is 2.85 bits per heavy atom. The molecule has 3 rings (SSSR count). The van der Waals surface area contributed by atoms with Crippen molar-refractivity contribution >= 4 is 39.3 Å². The fraction of sp³-hybridized carbons (Fsp3) is 0.235. The maximum absolute atomic E-state index is 12.6. The van der Waals surface area contributed by atoms with Crippen LogP contribution < -0.4 is 20.5 Å². The first kappa shape index (κ1) is 18.2. The minimum absolute atomic E-state index is 0.0696. The van der Waals surface area contributed by atoms with Gasteiger partial charge in [-0.25, -0.2) is 10.3 Å². The summed E-state index contributed by atoms with van der Waals surface area (Å²) in [6.45, 7) is 2.32. The van der Waals surface area contributed by atoms with E-state index in [9.17, 15) is 14.4 Å². The Hall–Kier alpha value is -2.65. The van der Waals surface area contributed by atoms with E-state index in [2.05, 4.69) is 26.8 Å². The van der Waals surface area contributed by atoms with Crippen molar-refractivity contribution in [3.05, 3.63) is 46.8 Å². The minimum atomic E-state index is -0.861. The molecule has 26 heavy (non-hydrogen) atoms. The van der Waals surface area contributed by atoms with E-state index < -0.39 is 17.9 Å². The van der Waals surface area contributed by atoms with E-state index in [1.807, 2.05) is 6.92 Å². The summed E-state index contributed by atoms with van der Waals surface area (Å²) in [6, 6.07) is 8.93. The van der Waals surface area contributed by atoms with Gasteiger partial charge in [-0.1, -0.05) is 6.07 Å². The number of hydrogen-bond acceptors (Lipinski definition) is 6. The van der Waals surface area contributed by atoms with Gasteiger partial charge >= 0.3 is 5.91 Å². The van der Waals surface area contributed by atoms with Gasteiger partial charge < -0.3 is 9.15 Å². The average Bonchev–Trinajstić information content (AvgIpc) is 3.16. The van der Waals surface area contributed by atoms with Crippen molar-refractivity contribution in [3.8, 4) is 5.75 Å². The predicted octanol–water partition coefficient (Wildman–Crippen LogP) is 2.01. The van der Waals surface area contributed by atoms with Crippen LogP contribution in [0.5, 0.6) is 5.75 Å². The Kier molecular flexibility index (Phi) is 5.38. The van der Waals surface area contributed by atoms with E-state index in [-0.39, 0.29) is 18.1 Å². The molecule has 0 aliphatic carbocycles. The van der Waals surface area contributed by atoms with Gasteiger partial charge in [0.15, 0.2) is 10.4 Å². The molecular formula is C17H16BrN3O5. The number of halogens is 1. The minimum Gasteiger partial charge on any atom is -0.494 e. The molecule has 2 N–H and O–H groups in total. The zero-order valence-corrected chi connectivity index (χ0v) is 15.4. The zero-order valence-electron chi connectivity index (χ0n) is 13.8. The number of imide groups is 1. The lowest BCUT2D eigenvalue weighted by Gasteiger charge is -2.16. The summed E-state index contributed by atoms with van der Waals surface area (Å²) in [5.74, 6) is -0.727. The number of amides is 3. The number of furan rings is 1. The van der Waals surface area contributed by atoms with Gasteiger partial charge in [0.25, 0.3) is 5.91 Å².